The molecular formula is C10H20N2O3. The predicted molar refractivity (Wildman–Crippen MR) is 56.2 cm³/mol. The highest BCUT2D eigenvalue weighted by molar-refractivity contribution is 5.67. The zero-order valence-corrected chi connectivity index (χ0v) is 9.62. The van der Waals surface area contributed by atoms with Gasteiger partial charge < -0.3 is 9.84 Å². The highest BCUT2D eigenvalue weighted by Crippen LogP contribution is 2.09. The smallest absolute Gasteiger partial charge is 0.422 e. The van der Waals surface area contributed by atoms with Crippen LogP contribution in [0.4, 0.5) is 4.79 Å². The van der Waals surface area contributed by atoms with Gasteiger partial charge in [-0.3, -0.25) is 5.43 Å². The van der Waals surface area contributed by atoms with E-state index >= 15 is 0 Å². The number of ether oxygens (including phenoxy) is 1. The number of aliphatic hydroxyl groups excluding tert-OH is 1. The Morgan fingerprint density at radius 1 is 1.40 bits per heavy atom. The second-order valence-electron chi connectivity index (χ2n) is 4.83. The van der Waals surface area contributed by atoms with Crippen molar-refractivity contribution in [3.63, 3.8) is 0 Å². The molecule has 1 aliphatic rings. The Morgan fingerprint density at radius 3 is 2.40 bits per heavy atom. The molecule has 0 aromatic rings. The number of amides is 1. The van der Waals surface area contributed by atoms with Crippen LogP contribution in [0.3, 0.4) is 0 Å². The molecule has 1 fully saturated rings. The first kappa shape index (κ1) is 12.3. The van der Waals surface area contributed by atoms with E-state index in [1.807, 2.05) is 20.8 Å². The first-order chi connectivity index (χ1) is 6.87. The fourth-order valence-electron chi connectivity index (χ4n) is 1.41. The van der Waals surface area contributed by atoms with E-state index in [-0.39, 0.29) is 6.10 Å². The van der Waals surface area contributed by atoms with Gasteiger partial charge in [-0.1, -0.05) is 0 Å². The minimum absolute atomic E-state index is 0.235. The van der Waals surface area contributed by atoms with Gasteiger partial charge in [-0.25, -0.2) is 9.80 Å². The predicted octanol–water partition coefficient (Wildman–Crippen LogP) is 0.883. The van der Waals surface area contributed by atoms with E-state index in [1.165, 1.54) is 0 Å². The van der Waals surface area contributed by atoms with Gasteiger partial charge in [0.1, 0.15) is 5.60 Å². The van der Waals surface area contributed by atoms with E-state index in [2.05, 4.69) is 5.43 Å². The van der Waals surface area contributed by atoms with Gasteiger partial charge in [0.2, 0.25) is 0 Å². The molecule has 0 atom stereocenters. The Hall–Kier alpha value is -0.810. The molecule has 0 saturated carbocycles. The third-order valence-electron chi connectivity index (χ3n) is 2.11. The number of nitrogens with zero attached hydrogens (tertiary/aromatic N) is 1. The van der Waals surface area contributed by atoms with Gasteiger partial charge in [-0.15, -0.1) is 0 Å². The van der Waals surface area contributed by atoms with Crippen molar-refractivity contribution in [2.75, 3.05) is 13.1 Å². The first-order valence-electron chi connectivity index (χ1n) is 5.29. The van der Waals surface area contributed by atoms with Gasteiger partial charge in [0.15, 0.2) is 0 Å². The fraction of sp³-hybridized carbons (Fsp3) is 0.900. The summed E-state index contributed by atoms with van der Waals surface area (Å²) >= 11 is 0. The number of nitrogens with one attached hydrogen (secondary N) is 1. The monoisotopic (exact) mass is 216 g/mol. The summed E-state index contributed by atoms with van der Waals surface area (Å²) in [7, 11) is 0. The van der Waals surface area contributed by atoms with Crippen molar-refractivity contribution in [3.05, 3.63) is 0 Å². The van der Waals surface area contributed by atoms with Crippen LogP contribution in [0.2, 0.25) is 0 Å². The molecule has 0 unspecified atom stereocenters. The highest BCUT2D eigenvalue weighted by Gasteiger charge is 2.21. The Bertz CT molecular complexity index is 217. The first-order valence-corrected chi connectivity index (χ1v) is 5.29. The van der Waals surface area contributed by atoms with Crippen molar-refractivity contribution < 1.29 is 14.6 Å². The second kappa shape index (κ2) is 4.81. The standard InChI is InChI=1S/C10H20N2O3/c1-10(2,3)15-9(14)11-12-6-4-8(13)5-7-12/h8,13H,4-7H2,1-3H3,(H,11,14). The molecule has 1 amide bonds. The molecule has 1 heterocycles. The van der Waals surface area contributed by atoms with Gasteiger partial charge in [0.05, 0.1) is 6.10 Å². The van der Waals surface area contributed by atoms with Crippen molar-refractivity contribution in [2.24, 2.45) is 0 Å². The summed E-state index contributed by atoms with van der Waals surface area (Å²) in [4.78, 5) is 11.4. The minimum Gasteiger partial charge on any atom is -0.443 e. The van der Waals surface area contributed by atoms with Crippen molar-refractivity contribution in [3.8, 4) is 0 Å². The summed E-state index contributed by atoms with van der Waals surface area (Å²) in [6.07, 6.45) is 0.714. The van der Waals surface area contributed by atoms with Crippen LogP contribution in [0.5, 0.6) is 0 Å². The lowest BCUT2D eigenvalue weighted by molar-refractivity contribution is 0.0156. The van der Waals surface area contributed by atoms with E-state index in [0.717, 1.165) is 0 Å². The molecule has 88 valence electrons. The average Bonchev–Trinajstić information content (AvgIpc) is 2.05. The minimum atomic E-state index is -0.473. The van der Waals surface area contributed by atoms with Gasteiger partial charge in [-0.05, 0) is 33.6 Å². The number of aliphatic hydroxyl groups is 1. The van der Waals surface area contributed by atoms with E-state index in [1.54, 1.807) is 5.01 Å². The average molecular weight is 216 g/mol. The zero-order chi connectivity index (χ0) is 11.5. The number of hydrazine groups is 1. The molecule has 0 aromatic heterocycles. The van der Waals surface area contributed by atoms with Crippen LogP contribution in [0.25, 0.3) is 0 Å². The summed E-state index contributed by atoms with van der Waals surface area (Å²) < 4.78 is 5.11. The number of hydrogen-bond donors (Lipinski definition) is 2. The molecule has 1 rings (SSSR count). The zero-order valence-electron chi connectivity index (χ0n) is 9.62. The summed E-state index contributed by atoms with van der Waals surface area (Å²) in [6, 6.07) is 0. The van der Waals surface area contributed by atoms with Crippen LogP contribution >= 0.6 is 0 Å². The molecule has 0 aliphatic carbocycles. The summed E-state index contributed by atoms with van der Waals surface area (Å²) in [6.45, 7) is 6.81. The maximum absolute atomic E-state index is 11.4. The van der Waals surface area contributed by atoms with Crippen molar-refractivity contribution >= 4 is 6.09 Å². The molecule has 1 saturated heterocycles. The molecule has 0 aromatic carbocycles. The summed E-state index contributed by atoms with van der Waals surface area (Å²) in [5.74, 6) is 0. The van der Waals surface area contributed by atoms with Crippen LogP contribution in [-0.4, -0.2) is 41.0 Å². The molecule has 5 heteroatoms. The number of carbonyl (C=O) groups excluding carboxylic acids is 1. The lowest BCUT2D eigenvalue weighted by Gasteiger charge is -2.30. The van der Waals surface area contributed by atoms with E-state index in [4.69, 9.17) is 4.74 Å². The SMILES string of the molecule is CC(C)(C)OC(=O)NN1CCC(O)CC1. The number of rotatable bonds is 1. The Kier molecular flexibility index (Phi) is 3.93. The number of hydrogen-bond acceptors (Lipinski definition) is 4. The van der Waals surface area contributed by atoms with Gasteiger partial charge in [0.25, 0.3) is 0 Å². The second-order valence-corrected chi connectivity index (χ2v) is 4.83. The van der Waals surface area contributed by atoms with Gasteiger partial charge >= 0.3 is 6.09 Å². The maximum atomic E-state index is 11.4. The molecule has 0 bridgehead atoms. The Labute approximate surface area is 90.4 Å². The van der Waals surface area contributed by atoms with Crippen molar-refractivity contribution in [1.29, 1.82) is 0 Å². The van der Waals surface area contributed by atoms with Crippen LogP contribution in [0.1, 0.15) is 33.6 Å². The fourth-order valence-corrected chi connectivity index (χ4v) is 1.41. The van der Waals surface area contributed by atoms with Gasteiger partial charge in [0, 0.05) is 13.1 Å². The molecule has 1 aliphatic heterocycles. The van der Waals surface area contributed by atoms with E-state index < -0.39 is 11.7 Å². The van der Waals surface area contributed by atoms with E-state index in [9.17, 15) is 9.90 Å². The van der Waals surface area contributed by atoms with Crippen LogP contribution < -0.4 is 5.43 Å². The quantitative estimate of drug-likeness (QED) is 0.683. The maximum Gasteiger partial charge on any atom is 0.422 e. The van der Waals surface area contributed by atoms with Crippen LogP contribution in [0, 0.1) is 0 Å². The van der Waals surface area contributed by atoms with Crippen LogP contribution in [-0.2, 0) is 4.74 Å². The largest absolute Gasteiger partial charge is 0.443 e. The molecular weight excluding hydrogens is 196 g/mol. The lowest BCUT2D eigenvalue weighted by Crippen LogP contribution is -2.49. The summed E-state index contributed by atoms with van der Waals surface area (Å²) in [5.41, 5.74) is 2.18. The number of piperidine rings is 1. The highest BCUT2D eigenvalue weighted by atomic mass is 16.6. The molecule has 2 N–H and O–H groups in total. The molecule has 0 spiro atoms. The summed E-state index contributed by atoms with van der Waals surface area (Å²) in [5, 5.41) is 11.1. The number of carbonyl (C=O) groups is 1. The van der Waals surface area contributed by atoms with Crippen LogP contribution in [0.15, 0.2) is 0 Å². The van der Waals surface area contributed by atoms with Crippen molar-refractivity contribution in [2.45, 2.75) is 45.3 Å². The Balaban J connectivity index is 2.27. The third-order valence-corrected chi connectivity index (χ3v) is 2.11. The Morgan fingerprint density at radius 2 is 1.93 bits per heavy atom. The third kappa shape index (κ3) is 4.99. The molecule has 0 radical (unpaired) electrons. The normalized spacial score (nSPS) is 20.0. The van der Waals surface area contributed by atoms with E-state index in [0.29, 0.717) is 25.9 Å². The molecule has 15 heavy (non-hydrogen) atoms. The van der Waals surface area contributed by atoms with Crippen molar-refractivity contribution in [1.82, 2.24) is 10.4 Å². The topological polar surface area (TPSA) is 61.8 Å². The molecule has 5 nitrogen and oxygen atoms in total. The lowest BCUT2D eigenvalue weighted by atomic mass is 10.1. The van der Waals surface area contributed by atoms with Gasteiger partial charge in [-0.2, -0.15) is 0 Å².